The van der Waals surface area contributed by atoms with E-state index in [1.54, 1.807) is 34.1 Å². The summed E-state index contributed by atoms with van der Waals surface area (Å²) < 4.78 is 39.2. The Hall–Kier alpha value is -2.37. The molecule has 4 rings (SSSR count). The minimum absolute atomic E-state index is 0.284. The van der Waals surface area contributed by atoms with Gasteiger partial charge in [-0.2, -0.15) is 8.42 Å². The second-order valence-electron chi connectivity index (χ2n) is 7.00. The molecule has 0 spiro atoms. The SMILES string of the molecule is O=C(CN1c2ccccc2N(CC(=O)N2CCOCC2)S1(=O)=O)N1CCOCC1. The van der Waals surface area contributed by atoms with E-state index in [0.717, 1.165) is 8.61 Å². The van der Waals surface area contributed by atoms with Crippen LogP contribution in [0.1, 0.15) is 0 Å². The standard InChI is InChI=1S/C18H24N4O6S/c23-17(19-5-9-27-10-6-19)13-21-15-3-1-2-4-16(15)22(29(21,25)26)14-18(24)20-7-11-28-12-8-20/h1-4H,5-14H2. The maximum Gasteiger partial charge on any atom is 0.327 e. The number of ether oxygens (including phenoxy) is 2. The van der Waals surface area contributed by atoms with E-state index in [-0.39, 0.29) is 24.9 Å². The van der Waals surface area contributed by atoms with Gasteiger partial charge in [0, 0.05) is 26.2 Å². The molecule has 158 valence electrons. The molecule has 0 N–H and O–H groups in total. The van der Waals surface area contributed by atoms with E-state index >= 15 is 0 Å². The molecule has 3 heterocycles. The van der Waals surface area contributed by atoms with Crippen molar-refractivity contribution in [2.24, 2.45) is 0 Å². The normalized spacial score (nSPS) is 21.2. The van der Waals surface area contributed by atoms with Crippen LogP contribution in [0.4, 0.5) is 11.4 Å². The van der Waals surface area contributed by atoms with Crippen molar-refractivity contribution in [1.29, 1.82) is 0 Å². The molecule has 2 saturated heterocycles. The van der Waals surface area contributed by atoms with Gasteiger partial charge in [0.2, 0.25) is 11.8 Å². The van der Waals surface area contributed by atoms with E-state index in [1.807, 2.05) is 0 Å². The number of rotatable bonds is 4. The van der Waals surface area contributed by atoms with Crippen LogP contribution in [0.5, 0.6) is 0 Å². The van der Waals surface area contributed by atoms with Gasteiger partial charge in [-0.15, -0.1) is 0 Å². The molecule has 0 saturated carbocycles. The topological polar surface area (TPSA) is 99.7 Å². The third-order valence-electron chi connectivity index (χ3n) is 5.26. The minimum atomic E-state index is -4.05. The first kappa shape index (κ1) is 19.9. The molecule has 2 fully saturated rings. The van der Waals surface area contributed by atoms with Crippen LogP contribution >= 0.6 is 0 Å². The van der Waals surface area contributed by atoms with Gasteiger partial charge in [0.05, 0.1) is 37.8 Å². The molecule has 0 aromatic heterocycles. The second-order valence-corrected chi connectivity index (χ2v) is 8.77. The highest BCUT2D eigenvalue weighted by atomic mass is 32.2. The van der Waals surface area contributed by atoms with Crippen molar-refractivity contribution in [2.75, 3.05) is 74.3 Å². The van der Waals surface area contributed by atoms with Crippen LogP contribution in [0.3, 0.4) is 0 Å². The lowest BCUT2D eigenvalue weighted by Crippen LogP contribution is -2.50. The summed E-state index contributed by atoms with van der Waals surface area (Å²) in [5.41, 5.74) is 0.813. The lowest BCUT2D eigenvalue weighted by molar-refractivity contribution is -0.134. The minimum Gasteiger partial charge on any atom is -0.378 e. The number of anilines is 2. The summed E-state index contributed by atoms with van der Waals surface area (Å²) in [5.74, 6) is -0.568. The number of amides is 2. The van der Waals surface area contributed by atoms with Crippen LogP contribution in [-0.4, -0.2) is 95.7 Å². The fourth-order valence-corrected chi connectivity index (χ4v) is 5.25. The van der Waals surface area contributed by atoms with Crippen LogP contribution in [0.15, 0.2) is 24.3 Å². The molecule has 1 aromatic carbocycles. The quantitative estimate of drug-likeness (QED) is 0.632. The zero-order valence-corrected chi connectivity index (χ0v) is 16.8. The summed E-state index contributed by atoms with van der Waals surface area (Å²) in [6.45, 7) is 2.90. The van der Waals surface area contributed by atoms with Crippen molar-refractivity contribution in [2.45, 2.75) is 0 Å². The van der Waals surface area contributed by atoms with Gasteiger partial charge in [-0.3, -0.25) is 9.59 Å². The number of carbonyl (C=O) groups excluding carboxylic acids is 2. The Labute approximate surface area is 169 Å². The van der Waals surface area contributed by atoms with Crippen molar-refractivity contribution < 1.29 is 27.5 Å². The number of morpholine rings is 2. The molecule has 0 aliphatic carbocycles. The monoisotopic (exact) mass is 424 g/mol. The molecule has 0 bridgehead atoms. The van der Waals surface area contributed by atoms with Gasteiger partial charge in [0.15, 0.2) is 0 Å². The predicted molar refractivity (Wildman–Crippen MR) is 105 cm³/mol. The number of carbonyl (C=O) groups is 2. The molecule has 29 heavy (non-hydrogen) atoms. The molecule has 0 unspecified atom stereocenters. The lowest BCUT2D eigenvalue weighted by Gasteiger charge is -2.30. The van der Waals surface area contributed by atoms with Gasteiger partial charge >= 0.3 is 10.2 Å². The van der Waals surface area contributed by atoms with Crippen molar-refractivity contribution in [3.63, 3.8) is 0 Å². The van der Waals surface area contributed by atoms with E-state index in [2.05, 4.69) is 0 Å². The number of fused-ring (bicyclic) bond motifs is 1. The van der Waals surface area contributed by atoms with Crippen molar-refractivity contribution in [3.05, 3.63) is 24.3 Å². The van der Waals surface area contributed by atoms with E-state index < -0.39 is 10.2 Å². The molecule has 2 amide bonds. The van der Waals surface area contributed by atoms with Crippen LogP contribution in [0.2, 0.25) is 0 Å². The molecule has 0 atom stereocenters. The summed E-state index contributed by atoms with van der Waals surface area (Å²) >= 11 is 0. The predicted octanol–water partition coefficient (Wildman–Crippen LogP) is -0.725. The number of hydrogen-bond donors (Lipinski definition) is 0. The summed E-state index contributed by atoms with van der Waals surface area (Å²) in [7, 11) is -4.05. The van der Waals surface area contributed by atoms with Gasteiger partial charge in [-0.05, 0) is 12.1 Å². The number of hydrogen-bond acceptors (Lipinski definition) is 6. The average molecular weight is 424 g/mol. The zero-order chi connectivity index (χ0) is 20.4. The fraction of sp³-hybridized carbons (Fsp3) is 0.556. The molecule has 0 radical (unpaired) electrons. The number of benzene rings is 1. The summed E-state index contributed by atoms with van der Waals surface area (Å²) in [5, 5.41) is 0. The third kappa shape index (κ3) is 3.89. The zero-order valence-electron chi connectivity index (χ0n) is 16.0. The first-order valence-corrected chi connectivity index (χ1v) is 11.0. The van der Waals surface area contributed by atoms with Gasteiger partial charge < -0.3 is 19.3 Å². The Morgan fingerprint density at radius 3 is 1.52 bits per heavy atom. The largest absolute Gasteiger partial charge is 0.378 e. The molecule has 11 heteroatoms. The van der Waals surface area contributed by atoms with Crippen LogP contribution < -0.4 is 8.61 Å². The summed E-state index contributed by atoms with van der Waals surface area (Å²) in [6, 6.07) is 6.74. The van der Waals surface area contributed by atoms with Gasteiger partial charge in [-0.25, -0.2) is 8.61 Å². The molecule has 3 aliphatic heterocycles. The smallest absolute Gasteiger partial charge is 0.327 e. The van der Waals surface area contributed by atoms with Crippen LogP contribution in [0, 0.1) is 0 Å². The van der Waals surface area contributed by atoms with E-state index in [9.17, 15) is 18.0 Å². The maximum absolute atomic E-state index is 13.2. The van der Waals surface area contributed by atoms with Crippen molar-refractivity contribution in [3.8, 4) is 0 Å². The van der Waals surface area contributed by atoms with Gasteiger partial charge in [0.25, 0.3) is 0 Å². The summed E-state index contributed by atoms with van der Waals surface area (Å²) in [4.78, 5) is 28.6. The molecule has 3 aliphatic rings. The van der Waals surface area contributed by atoms with Gasteiger partial charge in [0.1, 0.15) is 13.1 Å². The van der Waals surface area contributed by atoms with Crippen molar-refractivity contribution >= 4 is 33.4 Å². The van der Waals surface area contributed by atoms with Crippen LogP contribution in [-0.2, 0) is 29.3 Å². The summed E-state index contributed by atoms with van der Waals surface area (Å²) in [6.07, 6.45) is 0. The first-order chi connectivity index (χ1) is 14.0. The van der Waals surface area contributed by atoms with E-state index in [1.165, 1.54) is 0 Å². The van der Waals surface area contributed by atoms with E-state index in [0.29, 0.717) is 64.0 Å². The van der Waals surface area contributed by atoms with E-state index in [4.69, 9.17) is 9.47 Å². The highest BCUT2D eigenvalue weighted by Gasteiger charge is 2.43. The fourth-order valence-electron chi connectivity index (χ4n) is 3.66. The highest BCUT2D eigenvalue weighted by molar-refractivity contribution is 7.94. The molecular formula is C18H24N4O6S. The molecular weight excluding hydrogens is 400 g/mol. The van der Waals surface area contributed by atoms with Gasteiger partial charge in [-0.1, -0.05) is 12.1 Å². The lowest BCUT2D eigenvalue weighted by atomic mass is 10.2. The Morgan fingerprint density at radius 1 is 0.759 bits per heavy atom. The van der Waals surface area contributed by atoms with Crippen molar-refractivity contribution in [1.82, 2.24) is 9.80 Å². The Balaban J connectivity index is 1.55. The highest BCUT2D eigenvalue weighted by Crippen LogP contribution is 2.40. The maximum atomic E-state index is 13.2. The first-order valence-electron chi connectivity index (χ1n) is 9.59. The Bertz CT molecular complexity index is 815. The molecule has 1 aromatic rings. The Morgan fingerprint density at radius 2 is 1.14 bits per heavy atom. The second kappa shape index (κ2) is 8.17. The Kier molecular flexibility index (Phi) is 5.61. The average Bonchev–Trinajstić information content (AvgIpc) is 2.96. The third-order valence-corrected chi connectivity index (χ3v) is 7.03. The van der Waals surface area contributed by atoms with Crippen LogP contribution in [0.25, 0.3) is 0 Å². The number of para-hydroxylation sites is 2. The number of nitrogens with zero attached hydrogens (tertiary/aromatic N) is 4. The molecule has 10 nitrogen and oxygen atoms in total.